The van der Waals surface area contributed by atoms with Crippen LogP contribution in [0.3, 0.4) is 0 Å². The van der Waals surface area contributed by atoms with Crippen LogP contribution < -0.4 is 29.7 Å². The first-order valence-electron chi connectivity index (χ1n) is 11.2. The highest BCUT2D eigenvalue weighted by molar-refractivity contribution is 5.93. The molecule has 1 aromatic heterocycles. The van der Waals surface area contributed by atoms with E-state index in [1.165, 1.54) is 21.3 Å². The molecule has 3 aromatic carbocycles. The molecule has 186 valence electrons. The van der Waals surface area contributed by atoms with Crippen molar-refractivity contribution in [2.45, 2.75) is 13.8 Å². The lowest BCUT2D eigenvalue weighted by atomic mass is 10.0. The Balaban J connectivity index is 1.77. The van der Waals surface area contributed by atoms with Crippen LogP contribution in [0.4, 0.5) is 5.69 Å². The normalized spacial score (nSPS) is 10.7. The van der Waals surface area contributed by atoms with Crippen LogP contribution in [0.5, 0.6) is 23.0 Å². The van der Waals surface area contributed by atoms with Gasteiger partial charge in [-0.25, -0.2) is 0 Å². The van der Waals surface area contributed by atoms with Crippen molar-refractivity contribution in [1.82, 2.24) is 0 Å². The molecule has 0 bridgehead atoms. The highest BCUT2D eigenvalue weighted by Crippen LogP contribution is 2.37. The summed E-state index contributed by atoms with van der Waals surface area (Å²) < 4.78 is 28.0. The van der Waals surface area contributed by atoms with Crippen molar-refractivity contribution in [2.75, 3.05) is 33.3 Å². The van der Waals surface area contributed by atoms with Gasteiger partial charge in [-0.05, 0) is 61.4 Å². The minimum absolute atomic E-state index is 0.0724. The van der Waals surface area contributed by atoms with Crippen molar-refractivity contribution in [3.05, 3.63) is 75.9 Å². The Morgan fingerprint density at radius 2 is 1.61 bits per heavy atom. The maximum Gasteiger partial charge on any atom is 0.262 e. The number of benzene rings is 3. The summed E-state index contributed by atoms with van der Waals surface area (Å²) in [5, 5.41) is 3.14. The number of hydrogen-bond donors (Lipinski definition) is 1. The molecule has 1 amide bonds. The Labute approximate surface area is 208 Å². The Morgan fingerprint density at radius 3 is 2.33 bits per heavy atom. The number of ether oxygens (including phenoxy) is 4. The SMILES string of the molecule is COc1ccccc1NC(=O)COc1c(-c2ccc(OC)c(OC)c2)oc2cc(C)cc(C)c2c1=O. The van der Waals surface area contributed by atoms with Crippen LogP contribution in [0.15, 0.2) is 63.8 Å². The third kappa shape index (κ3) is 4.84. The van der Waals surface area contributed by atoms with E-state index in [9.17, 15) is 9.59 Å². The zero-order chi connectivity index (χ0) is 25.8. The van der Waals surface area contributed by atoms with Gasteiger partial charge in [0.05, 0.1) is 32.4 Å². The monoisotopic (exact) mass is 489 g/mol. The minimum Gasteiger partial charge on any atom is -0.495 e. The zero-order valence-corrected chi connectivity index (χ0v) is 20.8. The van der Waals surface area contributed by atoms with Gasteiger partial charge in [0.1, 0.15) is 11.3 Å². The van der Waals surface area contributed by atoms with E-state index >= 15 is 0 Å². The van der Waals surface area contributed by atoms with E-state index in [1.54, 1.807) is 48.5 Å². The lowest BCUT2D eigenvalue weighted by Gasteiger charge is -2.15. The largest absolute Gasteiger partial charge is 0.495 e. The smallest absolute Gasteiger partial charge is 0.262 e. The van der Waals surface area contributed by atoms with Gasteiger partial charge in [-0.15, -0.1) is 0 Å². The van der Waals surface area contributed by atoms with Crippen LogP contribution in [0.25, 0.3) is 22.3 Å². The lowest BCUT2D eigenvalue weighted by molar-refractivity contribution is -0.118. The number of fused-ring (bicyclic) bond motifs is 1. The van der Waals surface area contributed by atoms with E-state index in [4.69, 9.17) is 23.4 Å². The summed E-state index contributed by atoms with van der Waals surface area (Å²) in [6.45, 7) is 3.34. The summed E-state index contributed by atoms with van der Waals surface area (Å²) >= 11 is 0. The Hall–Kier alpha value is -4.46. The molecule has 0 aliphatic rings. The van der Waals surface area contributed by atoms with Crippen molar-refractivity contribution in [3.63, 3.8) is 0 Å². The summed E-state index contributed by atoms with van der Waals surface area (Å²) in [6.07, 6.45) is 0. The molecule has 0 radical (unpaired) electrons. The summed E-state index contributed by atoms with van der Waals surface area (Å²) in [5.74, 6) is 1.14. The maximum atomic E-state index is 13.6. The summed E-state index contributed by atoms with van der Waals surface area (Å²) in [6, 6.07) is 15.8. The van der Waals surface area contributed by atoms with Gasteiger partial charge >= 0.3 is 0 Å². The van der Waals surface area contributed by atoms with Gasteiger partial charge < -0.3 is 28.7 Å². The number of carbonyl (C=O) groups excluding carboxylic acids is 1. The third-order valence-electron chi connectivity index (χ3n) is 5.67. The van der Waals surface area contributed by atoms with E-state index in [-0.39, 0.29) is 16.9 Å². The number of carbonyl (C=O) groups is 1. The van der Waals surface area contributed by atoms with Crippen LogP contribution >= 0.6 is 0 Å². The lowest BCUT2D eigenvalue weighted by Crippen LogP contribution is -2.23. The fourth-order valence-electron chi connectivity index (χ4n) is 4.04. The van der Waals surface area contributed by atoms with E-state index in [0.29, 0.717) is 39.5 Å². The van der Waals surface area contributed by atoms with Gasteiger partial charge in [-0.1, -0.05) is 18.2 Å². The van der Waals surface area contributed by atoms with Crippen molar-refractivity contribution in [3.8, 4) is 34.3 Å². The Bertz CT molecular complexity index is 1490. The Kier molecular flexibility index (Phi) is 7.15. The first kappa shape index (κ1) is 24.7. The number of amides is 1. The zero-order valence-electron chi connectivity index (χ0n) is 20.8. The fraction of sp³-hybridized carbons (Fsp3) is 0.214. The standard InChI is InChI=1S/C28H27NO7/c1-16-12-17(2)25-23(13-16)36-27(18-10-11-21(33-4)22(14-18)34-5)28(26(25)31)35-15-24(30)29-19-8-6-7-9-20(19)32-3/h6-14H,15H2,1-5H3,(H,29,30). The molecular weight excluding hydrogens is 462 g/mol. The topological polar surface area (TPSA) is 96.2 Å². The number of methoxy groups -OCH3 is 3. The minimum atomic E-state index is -0.460. The second kappa shape index (κ2) is 10.4. The summed E-state index contributed by atoms with van der Waals surface area (Å²) in [4.78, 5) is 26.3. The molecule has 0 unspecified atom stereocenters. The van der Waals surface area contributed by atoms with E-state index in [0.717, 1.165) is 11.1 Å². The predicted molar refractivity (Wildman–Crippen MR) is 138 cm³/mol. The summed E-state index contributed by atoms with van der Waals surface area (Å²) in [5.41, 5.74) is 2.78. The molecule has 0 saturated carbocycles. The van der Waals surface area contributed by atoms with E-state index in [1.807, 2.05) is 19.9 Å². The molecule has 0 aliphatic heterocycles. The molecule has 0 spiro atoms. The quantitative estimate of drug-likeness (QED) is 0.367. The number of anilines is 1. The highest BCUT2D eigenvalue weighted by Gasteiger charge is 2.22. The first-order valence-corrected chi connectivity index (χ1v) is 11.2. The Morgan fingerprint density at radius 1 is 0.889 bits per heavy atom. The average Bonchev–Trinajstić information content (AvgIpc) is 2.87. The number of para-hydroxylation sites is 2. The van der Waals surface area contributed by atoms with Crippen LogP contribution in [0.1, 0.15) is 11.1 Å². The third-order valence-corrected chi connectivity index (χ3v) is 5.67. The molecule has 4 rings (SSSR count). The van der Waals surface area contributed by atoms with Crippen molar-refractivity contribution >= 4 is 22.6 Å². The van der Waals surface area contributed by atoms with Gasteiger partial charge in [0, 0.05) is 5.56 Å². The van der Waals surface area contributed by atoms with Crippen LogP contribution in [-0.2, 0) is 4.79 Å². The highest BCUT2D eigenvalue weighted by atomic mass is 16.5. The van der Waals surface area contributed by atoms with Crippen LogP contribution in [0.2, 0.25) is 0 Å². The number of hydrogen-bond acceptors (Lipinski definition) is 7. The second-order valence-electron chi connectivity index (χ2n) is 8.15. The van der Waals surface area contributed by atoms with Crippen LogP contribution in [0, 0.1) is 13.8 Å². The van der Waals surface area contributed by atoms with Gasteiger partial charge in [-0.3, -0.25) is 9.59 Å². The second-order valence-corrected chi connectivity index (χ2v) is 8.15. The predicted octanol–water partition coefficient (Wildman–Crippen LogP) is 5.12. The summed E-state index contributed by atoms with van der Waals surface area (Å²) in [7, 11) is 4.57. The van der Waals surface area contributed by atoms with E-state index < -0.39 is 12.5 Å². The fourth-order valence-corrected chi connectivity index (χ4v) is 4.04. The van der Waals surface area contributed by atoms with E-state index in [2.05, 4.69) is 5.32 Å². The molecule has 1 N–H and O–H groups in total. The molecule has 0 fully saturated rings. The molecule has 0 aliphatic carbocycles. The first-order chi connectivity index (χ1) is 17.4. The molecule has 1 heterocycles. The average molecular weight is 490 g/mol. The van der Waals surface area contributed by atoms with Crippen molar-refractivity contribution in [1.29, 1.82) is 0 Å². The molecule has 8 nitrogen and oxygen atoms in total. The van der Waals surface area contributed by atoms with Gasteiger partial charge in [0.25, 0.3) is 5.91 Å². The molecule has 4 aromatic rings. The number of nitrogens with one attached hydrogen (secondary N) is 1. The molecule has 0 saturated heterocycles. The van der Waals surface area contributed by atoms with Gasteiger partial charge in [-0.2, -0.15) is 0 Å². The van der Waals surface area contributed by atoms with Gasteiger partial charge in [0.2, 0.25) is 11.2 Å². The maximum absolute atomic E-state index is 13.6. The molecule has 0 atom stereocenters. The van der Waals surface area contributed by atoms with Crippen LogP contribution in [-0.4, -0.2) is 33.8 Å². The number of rotatable bonds is 8. The van der Waals surface area contributed by atoms with Gasteiger partial charge in [0.15, 0.2) is 23.9 Å². The molecule has 8 heteroatoms. The molecule has 36 heavy (non-hydrogen) atoms. The van der Waals surface area contributed by atoms with Crippen molar-refractivity contribution in [2.24, 2.45) is 0 Å². The van der Waals surface area contributed by atoms with Crippen molar-refractivity contribution < 1.29 is 28.2 Å². The number of aryl methyl sites for hydroxylation is 2. The molecular formula is C28H27NO7.